The summed E-state index contributed by atoms with van der Waals surface area (Å²) in [5.41, 5.74) is 0.314. The molecule has 0 aromatic heterocycles. The van der Waals surface area contributed by atoms with Crippen LogP contribution in [0.3, 0.4) is 0 Å². The fraction of sp³-hybridized carbons (Fsp3) is 0.929. The van der Waals surface area contributed by atoms with Crippen LogP contribution >= 0.6 is 0 Å². The van der Waals surface area contributed by atoms with Crippen LogP contribution in [0, 0.1) is 11.3 Å². The van der Waals surface area contributed by atoms with Gasteiger partial charge in [0.05, 0.1) is 0 Å². The lowest BCUT2D eigenvalue weighted by atomic mass is 9.78. The number of carbonyl (C=O) groups excluding carboxylic acids is 1. The lowest BCUT2D eigenvalue weighted by Gasteiger charge is -2.33. The number of nitrogens with zero attached hydrogens (tertiary/aromatic N) is 1. The van der Waals surface area contributed by atoms with Crippen molar-refractivity contribution in [2.24, 2.45) is 11.3 Å². The SMILES string of the molecule is CCCC(C)CN1CC2(CCNCC2)CC1=O. The number of likely N-dealkylation sites (tertiary alicyclic amines) is 1. The first-order valence-corrected chi connectivity index (χ1v) is 7.14. The highest BCUT2D eigenvalue weighted by atomic mass is 16.2. The zero-order valence-electron chi connectivity index (χ0n) is 11.3. The predicted octanol–water partition coefficient (Wildman–Crippen LogP) is 2.02. The molecule has 0 saturated carbocycles. The van der Waals surface area contributed by atoms with E-state index in [-0.39, 0.29) is 0 Å². The van der Waals surface area contributed by atoms with E-state index in [9.17, 15) is 4.79 Å². The average Bonchev–Trinajstić information content (AvgIpc) is 2.56. The molecule has 0 radical (unpaired) electrons. The summed E-state index contributed by atoms with van der Waals surface area (Å²) in [5.74, 6) is 1.05. The zero-order valence-corrected chi connectivity index (χ0v) is 11.3. The molecule has 3 heteroatoms. The van der Waals surface area contributed by atoms with Gasteiger partial charge in [-0.1, -0.05) is 20.3 Å². The van der Waals surface area contributed by atoms with Crippen LogP contribution in [0.2, 0.25) is 0 Å². The first-order chi connectivity index (χ1) is 8.15. The summed E-state index contributed by atoms with van der Waals surface area (Å²) in [6, 6.07) is 0. The van der Waals surface area contributed by atoms with E-state index < -0.39 is 0 Å². The van der Waals surface area contributed by atoms with Crippen LogP contribution < -0.4 is 5.32 Å². The van der Waals surface area contributed by atoms with Gasteiger partial charge in [-0.05, 0) is 43.7 Å². The van der Waals surface area contributed by atoms with Crippen molar-refractivity contribution in [1.29, 1.82) is 0 Å². The van der Waals surface area contributed by atoms with Gasteiger partial charge in [0.15, 0.2) is 0 Å². The maximum Gasteiger partial charge on any atom is 0.223 e. The Balaban J connectivity index is 1.90. The monoisotopic (exact) mass is 238 g/mol. The lowest BCUT2D eigenvalue weighted by molar-refractivity contribution is -0.128. The molecule has 1 unspecified atom stereocenters. The van der Waals surface area contributed by atoms with Crippen LogP contribution in [0.4, 0.5) is 0 Å². The number of carbonyl (C=O) groups is 1. The van der Waals surface area contributed by atoms with E-state index in [0.29, 0.717) is 17.2 Å². The van der Waals surface area contributed by atoms with E-state index in [2.05, 4.69) is 24.1 Å². The van der Waals surface area contributed by atoms with E-state index in [1.54, 1.807) is 0 Å². The minimum Gasteiger partial charge on any atom is -0.342 e. The molecule has 2 fully saturated rings. The fourth-order valence-corrected chi connectivity index (χ4v) is 3.40. The van der Waals surface area contributed by atoms with Crippen molar-refractivity contribution >= 4 is 5.91 Å². The summed E-state index contributed by atoms with van der Waals surface area (Å²) >= 11 is 0. The zero-order chi connectivity index (χ0) is 12.3. The summed E-state index contributed by atoms with van der Waals surface area (Å²) in [4.78, 5) is 14.2. The molecule has 2 aliphatic rings. The molecule has 2 aliphatic heterocycles. The van der Waals surface area contributed by atoms with Gasteiger partial charge in [0.2, 0.25) is 5.91 Å². The second-order valence-corrected chi connectivity index (χ2v) is 6.09. The van der Waals surface area contributed by atoms with Crippen molar-refractivity contribution in [2.45, 2.75) is 46.0 Å². The number of hydrogen-bond acceptors (Lipinski definition) is 2. The summed E-state index contributed by atoms with van der Waals surface area (Å²) in [7, 11) is 0. The Labute approximate surface area is 105 Å². The van der Waals surface area contributed by atoms with Gasteiger partial charge in [-0.3, -0.25) is 4.79 Å². The van der Waals surface area contributed by atoms with Crippen molar-refractivity contribution < 1.29 is 4.79 Å². The van der Waals surface area contributed by atoms with E-state index in [0.717, 1.165) is 32.6 Å². The molecule has 17 heavy (non-hydrogen) atoms. The normalized spacial score (nSPS) is 25.5. The van der Waals surface area contributed by atoms with Gasteiger partial charge < -0.3 is 10.2 Å². The van der Waals surface area contributed by atoms with Crippen LogP contribution in [0.1, 0.15) is 46.0 Å². The Morgan fingerprint density at radius 1 is 1.41 bits per heavy atom. The Morgan fingerprint density at radius 3 is 2.76 bits per heavy atom. The molecule has 0 aromatic carbocycles. The van der Waals surface area contributed by atoms with E-state index >= 15 is 0 Å². The first-order valence-electron chi connectivity index (χ1n) is 7.14. The number of hydrogen-bond donors (Lipinski definition) is 1. The maximum absolute atomic E-state index is 12.1. The molecule has 2 heterocycles. The topological polar surface area (TPSA) is 32.3 Å². The van der Waals surface area contributed by atoms with Gasteiger partial charge in [-0.2, -0.15) is 0 Å². The molecular formula is C14H26N2O. The van der Waals surface area contributed by atoms with Gasteiger partial charge >= 0.3 is 0 Å². The Morgan fingerprint density at radius 2 is 2.12 bits per heavy atom. The molecule has 1 N–H and O–H groups in total. The maximum atomic E-state index is 12.1. The highest BCUT2D eigenvalue weighted by Crippen LogP contribution is 2.39. The number of nitrogens with one attached hydrogen (secondary N) is 1. The molecule has 98 valence electrons. The first kappa shape index (κ1) is 12.9. The van der Waals surface area contributed by atoms with E-state index in [1.165, 1.54) is 25.7 Å². The van der Waals surface area contributed by atoms with Crippen molar-refractivity contribution in [3.63, 3.8) is 0 Å². The molecule has 1 atom stereocenters. The molecule has 0 aromatic rings. The molecular weight excluding hydrogens is 212 g/mol. The Hall–Kier alpha value is -0.570. The van der Waals surface area contributed by atoms with Gasteiger partial charge in [-0.25, -0.2) is 0 Å². The second-order valence-electron chi connectivity index (χ2n) is 6.09. The minimum atomic E-state index is 0.314. The third-order valence-electron chi connectivity index (χ3n) is 4.38. The molecule has 1 spiro atoms. The van der Waals surface area contributed by atoms with Crippen LogP contribution in [0.25, 0.3) is 0 Å². The van der Waals surface area contributed by atoms with Crippen LogP contribution in [-0.2, 0) is 4.79 Å². The second kappa shape index (κ2) is 5.38. The number of amides is 1. The van der Waals surface area contributed by atoms with Crippen LogP contribution in [0.15, 0.2) is 0 Å². The smallest absolute Gasteiger partial charge is 0.223 e. The van der Waals surface area contributed by atoms with Crippen molar-refractivity contribution in [1.82, 2.24) is 10.2 Å². The highest BCUT2D eigenvalue weighted by Gasteiger charge is 2.43. The quantitative estimate of drug-likeness (QED) is 0.812. The summed E-state index contributed by atoms with van der Waals surface area (Å²) in [6.45, 7) is 8.65. The number of rotatable bonds is 4. The molecule has 3 nitrogen and oxygen atoms in total. The fourth-order valence-electron chi connectivity index (χ4n) is 3.40. The average molecular weight is 238 g/mol. The predicted molar refractivity (Wildman–Crippen MR) is 69.8 cm³/mol. The van der Waals surface area contributed by atoms with E-state index in [1.807, 2.05) is 0 Å². The third-order valence-corrected chi connectivity index (χ3v) is 4.38. The minimum absolute atomic E-state index is 0.314. The van der Waals surface area contributed by atoms with Crippen molar-refractivity contribution in [3.8, 4) is 0 Å². The van der Waals surface area contributed by atoms with Gasteiger partial charge in [-0.15, -0.1) is 0 Å². The van der Waals surface area contributed by atoms with Crippen molar-refractivity contribution in [3.05, 3.63) is 0 Å². The molecule has 0 aliphatic carbocycles. The Bertz CT molecular complexity index is 271. The van der Waals surface area contributed by atoms with Crippen LogP contribution in [0.5, 0.6) is 0 Å². The standard InChI is InChI=1S/C14H26N2O/c1-3-4-12(2)10-16-11-14(9-13(16)17)5-7-15-8-6-14/h12,15H,3-11H2,1-2H3. The van der Waals surface area contributed by atoms with Gasteiger partial charge in [0.25, 0.3) is 0 Å². The summed E-state index contributed by atoms with van der Waals surface area (Å²) in [5, 5.41) is 3.40. The molecule has 2 rings (SSSR count). The summed E-state index contributed by atoms with van der Waals surface area (Å²) < 4.78 is 0. The highest BCUT2D eigenvalue weighted by molar-refractivity contribution is 5.79. The van der Waals surface area contributed by atoms with Crippen molar-refractivity contribution in [2.75, 3.05) is 26.2 Å². The molecule has 2 saturated heterocycles. The van der Waals surface area contributed by atoms with E-state index in [4.69, 9.17) is 0 Å². The molecule has 1 amide bonds. The number of piperidine rings is 1. The van der Waals surface area contributed by atoms with Gasteiger partial charge in [0.1, 0.15) is 0 Å². The third kappa shape index (κ3) is 3.01. The lowest BCUT2D eigenvalue weighted by Crippen LogP contribution is -2.39. The largest absolute Gasteiger partial charge is 0.342 e. The summed E-state index contributed by atoms with van der Waals surface area (Å²) in [6.07, 6.45) is 5.61. The van der Waals surface area contributed by atoms with Gasteiger partial charge in [0, 0.05) is 19.5 Å². The van der Waals surface area contributed by atoms with Crippen LogP contribution in [-0.4, -0.2) is 37.0 Å². The Kier molecular flexibility index (Phi) is 4.08. The molecule has 0 bridgehead atoms.